The van der Waals surface area contributed by atoms with E-state index in [1.54, 1.807) is 14.2 Å². The largest absolute Gasteiger partial charge is 0.497 e. The molecule has 0 saturated carbocycles. The molecular weight excluding hydrogens is 490 g/mol. The van der Waals surface area contributed by atoms with Gasteiger partial charge in [0, 0.05) is 68.2 Å². The molecule has 4 aromatic rings. The van der Waals surface area contributed by atoms with Gasteiger partial charge in [-0.25, -0.2) is 0 Å². The first-order valence-electron chi connectivity index (χ1n) is 13.6. The zero-order valence-corrected chi connectivity index (χ0v) is 22.8. The van der Waals surface area contributed by atoms with Gasteiger partial charge in [0.05, 0.1) is 27.4 Å². The van der Waals surface area contributed by atoms with E-state index in [1.807, 2.05) is 24.3 Å². The van der Waals surface area contributed by atoms with Gasteiger partial charge < -0.3 is 24.1 Å². The van der Waals surface area contributed by atoms with Crippen molar-refractivity contribution in [1.82, 2.24) is 14.8 Å². The van der Waals surface area contributed by atoms with Crippen LogP contribution in [0.2, 0.25) is 0 Å². The average molecular weight is 528 g/mol. The highest BCUT2D eigenvalue weighted by Gasteiger charge is 2.24. The van der Waals surface area contributed by atoms with Crippen LogP contribution < -0.4 is 14.8 Å². The number of carbonyl (C=O) groups is 1. The Morgan fingerprint density at radius 3 is 2.36 bits per heavy atom. The van der Waals surface area contributed by atoms with E-state index < -0.39 is 0 Å². The topological polar surface area (TPSA) is 65.0 Å². The summed E-state index contributed by atoms with van der Waals surface area (Å²) in [5.41, 5.74) is 4.46. The van der Waals surface area contributed by atoms with E-state index in [2.05, 4.69) is 69.5 Å². The molecule has 0 bridgehead atoms. The van der Waals surface area contributed by atoms with E-state index in [-0.39, 0.29) is 11.8 Å². The Bertz CT molecular complexity index is 1360. The molecular formula is C32H37N3O4. The second kappa shape index (κ2) is 12.8. The van der Waals surface area contributed by atoms with Gasteiger partial charge in [-0.15, -0.1) is 0 Å². The summed E-state index contributed by atoms with van der Waals surface area (Å²) in [6.45, 7) is 5.50. The lowest BCUT2D eigenvalue weighted by atomic mass is 9.87. The fourth-order valence-corrected chi connectivity index (χ4v) is 5.34. The third-order valence-corrected chi connectivity index (χ3v) is 7.41. The molecule has 39 heavy (non-hydrogen) atoms. The molecule has 5 rings (SSSR count). The minimum absolute atomic E-state index is 0.0231. The number of aromatic nitrogens is 1. The molecule has 2 heterocycles. The maximum atomic E-state index is 13.4. The number of hydrogen-bond acceptors (Lipinski definition) is 5. The summed E-state index contributed by atoms with van der Waals surface area (Å²) < 4.78 is 18.9. The minimum Gasteiger partial charge on any atom is -0.497 e. The van der Waals surface area contributed by atoms with Gasteiger partial charge in [-0.1, -0.05) is 48.5 Å². The summed E-state index contributed by atoms with van der Waals surface area (Å²) in [5, 5.41) is 4.30. The number of methoxy groups -OCH3 is 2. The molecule has 3 aromatic carbocycles. The normalized spacial score (nSPS) is 14.7. The lowest BCUT2D eigenvalue weighted by molar-refractivity contribution is -0.121. The Hall–Kier alpha value is -3.81. The summed E-state index contributed by atoms with van der Waals surface area (Å²) in [5.74, 6) is 1.25. The highest BCUT2D eigenvalue weighted by atomic mass is 16.5. The number of amides is 1. The smallest absolute Gasteiger partial charge is 0.220 e. The monoisotopic (exact) mass is 527 g/mol. The molecule has 0 spiro atoms. The van der Waals surface area contributed by atoms with Crippen LogP contribution in [-0.4, -0.2) is 69.0 Å². The predicted octanol–water partition coefficient (Wildman–Crippen LogP) is 4.68. The van der Waals surface area contributed by atoms with Gasteiger partial charge in [-0.3, -0.25) is 9.69 Å². The van der Waals surface area contributed by atoms with Crippen LogP contribution in [0.3, 0.4) is 0 Å². The van der Waals surface area contributed by atoms with Crippen molar-refractivity contribution in [2.75, 3.05) is 53.6 Å². The Morgan fingerprint density at radius 2 is 1.64 bits per heavy atom. The van der Waals surface area contributed by atoms with E-state index in [1.165, 1.54) is 5.56 Å². The molecule has 1 fully saturated rings. The molecule has 1 aromatic heterocycles. The standard InChI is InChI=1S/C32H37N3O4/c1-37-26-18-25(19-27(20-26)38-2)29(21-32(36)33-12-13-34-14-16-39-17-15-34)30-23-35(22-24-8-4-3-5-9-24)31-11-7-6-10-28(30)31/h3-11,18-20,23,29H,12-17,21-22H2,1-2H3,(H,33,36). The zero-order valence-electron chi connectivity index (χ0n) is 22.8. The number of ether oxygens (including phenoxy) is 3. The Kier molecular flexibility index (Phi) is 8.81. The Labute approximate surface area is 230 Å². The molecule has 204 valence electrons. The SMILES string of the molecule is COc1cc(OC)cc(C(CC(=O)NCCN2CCOCC2)c2cn(Cc3ccccc3)c3ccccc23)c1. The second-order valence-electron chi connectivity index (χ2n) is 9.92. The first kappa shape index (κ1) is 26.8. The number of para-hydroxylation sites is 1. The van der Waals surface area contributed by atoms with Crippen LogP contribution in [0.15, 0.2) is 79.0 Å². The molecule has 7 nitrogen and oxygen atoms in total. The minimum atomic E-state index is -0.181. The number of nitrogens with one attached hydrogen (secondary N) is 1. The van der Waals surface area contributed by atoms with Crippen molar-refractivity contribution in [3.05, 3.63) is 95.7 Å². The fourth-order valence-electron chi connectivity index (χ4n) is 5.34. The number of benzene rings is 3. The summed E-state index contributed by atoms with van der Waals surface area (Å²) in [6, 6.07) is 24.7. The van der Waals surface area contributed by atoms with Crippen molar-refractivity contribution in [2.24, 2.45) is 0 Å². The molecule has 1 saturated heterocycles. The first-order chi connectivity index (χ1) is 19.1. The van der Waals surface area contributed by atoms with Crippen molar-refractivity contribution in [3.63, 3.8) is 0 Å². The number of nitrogens with zero attached hydrogens (tertiary/aromatic N) is 2. The van der Waals surface area contributed by atoms with Crippen molar-refractivity contribution in [2.45, 2.75) is 18.9 Å². The zero-order chi connectivity index (χ0) is 27.0. The van der Waals surface area contributed by atoms with E-state index >= 15 is 0 Å². The van der Waals surface area contributed by atoms with Gasteiger partial charge in [0.15, 0.2) is 0 Å². The number of fused-ring (bicyclic) bond motifs is 1. The summed E-state index contributed by atoms with van der Waals surface area (Å²) >= 11 is 0. The molecule has 1 atom stereocenters. The molecule has 1 aliphatic heterocycles. The van der Waals surface area contributed by atoms with Gasteiger partial charge in [0.1, 0.15) is 11.5 Å². The second-order valence-corrected chi connectivity index (χ2v) is 9.92. The average Bonchev–Trinajstić information content (AvgIpc) is 3.34. The predicted molar refractivity (Wildman–Crippen MR) is 154 cm³/mol. The van der Waals surface area contributed by atoms with Crippen LogP contribution in [0.5, 0.6) is 11.5 Å². The van der Waals surface area contributed by atoms with Crippen LogP contribution in [0.25, 0.3) is 10.9 Å². The van der Waals surface area contributed by atoms with E-state index in [0.717, 1.165) is 61.4 Å². The molecule has 0 radical (unpaired) electrons. The third kappa shape index (κ3) is 6.61. The molecule has 7 heteroatoms. The quantitative estimate of drug-likeness (QED) is 0.307. The molecule has 1 N–H and O–H groups in total. The van der Waals surface area contributed by atoms with Crippen LogP contribution in [0.4, 0.5) is 0 Å². The molecule has 1 aliphatic rings. The summed E-state index contributed by atoms with van der Waals surface area (Å²) in [6.07, 6.45) is 2.52. The third-order valence-electron chi connectivity index (χ3n) is 7.41. The van der Waals surface area contributed by atoms with Gasteiger partial charge in [0.2, 0.25) is 5.91 Å². The van der Waals surface area contributed by atoms with Crippen LogP contribution in [0, 0.1) is 0 Å². The maximum absolute atomic E-state index is 13.4. The highest BCUT2D eigenvalue weighted by Crippen LogP contribution is 2.38. The maximum Gasteiger partial charge on any atom is 0.220 e. The van der Waals surface area contributed by atoms with Gasteiger partial charge >= 0.3 is 0 Å². The number of rotatable bonds is 11. The summed E-state index contributed by atoms with van der Waals surface area (Å²) in [4.78, 5) is 15.7. The Morgan fingerprint density at radius 1 is 0.949 bits per heavy atom. The van der Waals surface area contributed by atoms with E-state index in [0.29, 0.717) is 24.5 Å². The summed E-state index contributed by atoms with van der Waals surface area (Å²) in [7, 11) is 3.30. The van der Waals surface area contributed by atoms with Crippen molar-refractivity contribution < 1.29 is 19.0 Å². The Balaban J connectivity index is 1.47. The van der Waals surface area contributed by atoms with Crippen LogP contribution in [-0.2, 0) is 16.1 Å². The van der Waals surface area contributed by atoms with Gasteiger partial charge in [-0.2, -0.15) is 0 Å². The van der Waals surface area contributed by atoms with Crippen LogP contribution in [0.1, 0.15) is 29.0 Å². The highest BCUT2D eigenvalue weighted by molar-refractivity contribution is 5.87. The lowest BCUT2D eigenvalue weighted by Gasteiger charge is -2.26. The van der Waals surface area contributed by atoms with Gasteiger partial charge in [0.25, 0.3) is 0 Å². The van der Waals surface area contributed by atoms with Crippen LogP contribution >= 0.6 is 0 Å². The van der Waals surface area contributed by atoms with Gasteiger partial charge in [-0.05, 0) is 34.9 Å². The number of morpholine rings is 1. The number of hydrogen-bond donors (Lipinski definition) is 1. The molecule has 0 aliphatic carbocycles. The first-order valence-corrected chi connectivity index (χ1v) is 13.6. The molecule has 1 unspecified atom stereocenters. The lowest BCUT2D eigenvalue weighted by Crippen LogP contribution is -2.41. The van der Waals surface area contributed by atoms with E-state index in [4.69, 9.17) is 14.2 Å². The molecule has 1 amide bonds. The number of carbonyl (C=O) groups excluding carboxylic acids is 1. The van der Waals surface area contributed by atoms with Crippen molar-refractivity contribution >= 4 is 16.8 Å². The van der Waals surface area contributed by atoms with E-state index in [9.17, 15) is 4.79 Å². The van der Waals surface area contributed by atoms with Crippen molar-refractivity contribution in [1.29, 1.82) is 0 Å². The fraction of sp³-hybridized carbons (Fsp3) is 0.344. The van der Waals surface area contributed by atoms with Crippen molar-refractivity contribution in [3.8, 4) is 11.5 Å².